The van der Waals surface area contributed by atoms with Crippen molar-refractivity contribution in [3.8, 4) is 5.75 Å². The van der Waals surface area contributed by atoms with Crippen LogP contribution in [0.25, 0.3) is 21.9 Å². The summed E-state index contributed by atoms with van der Waals surface area (Å²) >= 11 is 0. The molecule has 0 amide bonds. The van der Waals surface area contributed by atoms with E-state index in [-0.39, 0.29) is 28.9 Å². The van der Waals surface area contributed by atoms with Crippen LogP contribution in [0.4, 0.5) is 0 Å². The molecule has 0 aliphatic carbocycles. The third-order valence-electron chi connectivity index (χ3n) is 4.42. The highest BCUT2D eigenvalue weighted by Crippen LogP contribution is 2.22. The minimum Gasteiger partial charge on any atom is -0.497 e. The Morgan fingerprint density at radius 1 is 0.893 bits per heavy atom. The highest BCUT2D eigenvalue weighted by Gasteiger charge is 2.20. The van der Waals surface area contributed by atoms with Crippen LogP contribution < -0.4 is 16.0 Å². The van der Waals surface area contributed by atoms with Gasteiger partial charge >= 0.3 is 11.3 Å². The maximum atomic E-state index is 12.8. The number of fused-ring (bicyclic) bond motifs is 2. The van der Waals surface area contributed by atoms with Gasteiger partial charge in [0.2, 0.25) is 5.78 Å². The second-order valence-corrected chi connectivity index (χ2v) is 6.16. The number of methoxy groups -OCH3 is 1. The van der Waals surface area contributed by atoms with Gasteiger partial charge < -0.3 is 18.7 Å². The third kappa shape index (κ3) is 2.97. The van der Waals surface area contributed by atoms with Gasteiger partial charge in [0, 0.05) is 16.8 Å². The van der Waals surface area contributed by atoms with Gasteiger partial charge in [-0.2, -0.15) is 0 Å². The topological polar surface area (TPSA) is 107 Å². The summed E-state index contributed by atoms with van der Waals surface area (Å²) in [6.45, 7) is -0.205. The average Bonchev–Trinajstić information content (AvgIpc) is 2.71. The first-order valence-corrected chi connectivity index (χ1v) is 8.34. The summed E-state index contributed by atoms with van der Waals surface area (Å²) in [7, 11) is 1.49. The fraction of sp³-hybridized carbons (Fsp3) is 0.0952. The Bertz CT molecular complexity index is 1240. The van der Waals surface area contributed by atoms with Gasteiger partial charge in [0.05, 0.1) is 13.7 Å². The first kappa shape index (κ1) is 17.7. The zero-order valence-corrected chi connectivity index (χ0v) is 14.7. The van der Waals surface area contributed by atoms with Gasteiger partial charge in [-0.3, -0.25) is 4.79 Å². The molecule has 0 radical (unpaired) electrons. The van der Waals surface area contributed by atoms with Crippen molar-refractivity contribution in [2.45, 2.75) is 6.61 Å². The number of ether oxygens (including phenoxy) is 1. The summed E-state index contributed by atoms with van der Waals surface area (Å²) in [4.78, 5) is 37.5. The van der Waals surface area contributed by atoms with Crippen LogP contribution >= 0.6 is 0 Å². The number of benzene rings is 2. The van der Waals surface area contributed by atoms with E-state index in [0.29, 0.717) is 22.1 Å². The largest absolute Gasteiger partial charge is 0.497 e. The van der Waals surface area contributed by atoms with Crippen molar-refractivity contribution in [3.05, 3.63) is 86.1 Å². The minimum absolute atomic E-state index is 0.205. The molecular formula is C21H14O7. The highest BCUT2D eigenvalue weighted by molar-refractivity contribution is 6.10. The first-order chi connectivity index (χ1) is 13.5. The van der Waals surface area contributed by atoms with Crippen molar-refractivity contribution in [1.29, 1.82) is 0 Å². The Morgan fingerprint density at radius 2 is 1.46 bits per heavy atom. The molecule has 0 atom stereocenters. The first-order valence-electron chi connectivity index (χ1n) is 8.34. The van der Waals surface area contributed by atoms with Gasteiger partial charge in [0.15, 0.2) is 0 Å². The lowest BCUT2D eigenvalue weighted by Crippen LogP contribution is -2.20. The van der Waals surface area contributed by atoms with E-state index in [4.69, 9.17) is 13.6 Å². The van der Waals surface area contributed by atoms with Crippen molar-refractivity contribution < 1.29 is 23.5 Å². The predicted molar refractivity (Wildman–Crippen MR) is 101 cm³/mol. The normalized spacial score (nSPS) is 11.1. The molecule has 28 heavy (non-hydrogen) atoms. The lowest BCUT2D eigenvalue weighted by atomic mass is 10.0. The van der Waals surface area contributed by atoms with Crippen LogP contribution in [0.1, 0.15) is 21.5 Å². The summed E-state index contributed by atoms with van der Waals surface area (Å²) in [5, 5.41) is 10.2. The number of hydrogen-bond acceptors (Lipinski definition) is 7. The third-order valence-corrected chi connectivity index (χ3v) is 4.42. The molecule has 140 valence electrons. The van der Waals surface area contributed by atoms with Gasteiger partial charge in [-0.25, -0.2) is 9.59 Å². The van der Waals surface area contributed by atoms with E-state index in [0.717, 1.165) is 0 Å². The number of ketones is 1. The Kier molecular flexibility index (Phi) is 4.29. The van der Waals surface area contributed by atoms with Gasteiger partial charge in [0.1, 0.15) is 28.0 Å². The molecule has 4 aromatic rings. The lowest BCUT2D eigenvalue weighted by molar-refractivity contribution is 0.103. The summed E-state index contributed by atoms with van der Waals surface area (Å²) < 4.78 is 15.5. The van der Waals surface area contributed by atoms with E-state index in [1.807, 2.05) is 0 Å². The van der Waals surface area contributed by atoms with Gasteiger partial charge in [-0.1, -0.05) is 12.1 Å². The zero-order valence-electron chi connectivity index (χ0n) is 14.7. The van der Waals surface area contributed by atoms with Crippen molar-refractivity contribution in [2.24, 2.45) is 0 Å². The summed E-state index contributed by atoms with van der Waals surface area (Å²) in [6.07, 6.45) is 0. The highest BCUT2D eigenvalue weighted by atomic mass is 16.5. The number of aliphatic hydroxyl groups is 1. The fourth-order valence-corrected chi connectivity index (χ4v) is 2.93. The molecule has 0 fully saturated rings. The van der Waals surface area contributed by atoms with Crippen LogP contribution in [0.3, 0.4) is 0 Å². The molecule has 0 saturated carbocycles. The summed E-state index contributed by atoms with van der Waals surface area (Å²) in [5.74, 6) is -0.277. The average molecular weight is 378 g/mol. The Labute approximate surface area is 157 Å². The number of aliphatic hydroxyl groups excluding tert-OH is 1. The maximum Gasteiger partial charge on any atom is 0.347 e. The zero-order chi connectivity index (χ0) is 19.8. The molecule has 7 heteroatoms. The predicted octanol–water partition coefficient (Wildman–Crippen LogP) is 2.63. The van der Waals surface area contributed by atoms with Crippen LogP contribution in [0.2, 0.25) is 0 Å². The minimum atomic E-state index is -0.873. The molecule has 7 nitrogen and oxygen atoms in total. The molecule has 2 aromatic carbocycles. The molecule has 2 aromatic heterocycles. The van der Waals surface area contributed by atoms with E-state index in [1.165, 1.54) is 31.4 Å². The quantitative estimate of drug-likeness (QED) is 0.430. The monoisotopic (exact) mass is 378 g/mol. The number of carbonyl (C=O) groups excluding carboxylic acids is 1. The maximum absolute atomic E-state index is 12.8. The molecule has 0 saturated heterocycles. The van der Waals surface area contributed by atoms with E-state index in [9.17, 15) is 19.5 Å². The molecule has 1 N–H and O–H groups in total. The number of hydrogen-bond donors (Lipinski definition) is 1. The number of carbonyl (C=O) groups is 1. The molecule has 0 aliphatic heterocycles. The lowest BCUT2D eigenvalue weighted by Gasteiger charge is -2.05. The van der Waals surface area contributed by atoms with Gasteiger partial charge in [-0.15, -0.1) is 0 Å². The van der Waals surface area contributed by atoms with Crippen LogP contribution in [-0.4, -0.2) is 18.0 Å². The molecule has 0 bridgehead atoms. The van der Waals surface area contributed by atoms with Gasteiger partial charge in [-0.05, 0) is 35.9 Å². The van der Waals surface area contributed by atoms with E-state index >= 15 is 0 Å². The Balaban J connectivity index is 1.85. The molecule has 0 aliphatic rings. The fourth-order valence-electron chi connectivity index (χ4n) is 2.93. The Hall–Kier alpha value is -3.71. The molecule has 0 spiro atoms. The second kappa shape index (κ2) is 6.79. The Morgan fingerprint density at radius 3 is 2.04 bits per heavy atom. The van der Waals surface area contributed by atoms with Crippen LogP contribution in [0.15, 0.2) is 67.0 Å². The van der Waals surface area contributed by atoms with Crippen molar-refractivity contribution in [2.75, 3.05) is 7.11 Å². The SMILES string of the molecule is COc1ccc2cc(C(=O)c3cc4ccc(CO)cc4oc3=O)c(=O)oc2c1. The van der Waals surface area contributed by atoms with Crippen LogP contribution in [0, 0.1) is 0 Å². The van der Waals surface area contributed by atoms with Crippen molar-refractivity contribution in [1.82, 2.24) is 0 Å². The molecular weight excluding hydrogens is 364 g/mol. The molecule has 0 unspecified atom stereocenters. The molecule has 4 rings (SSSR count). The summed E-state index contributed by atoms with van der Waals surface area (Å²) in [5.41, 5.74) is -1.20. The smallest absolute Gasteiger partial charge is 0.347 e. The van der Waals surface area contributed by atoms with Crippen molar-refractivity contribution >= 4 is 27.7 Å². The van der Waals surface area contributed by atoms with Crippen molar-refractivity contribution in [3.63, 3.8) is 0 Å². The van der Waals surface area contributed by atoms with Crippen LogP contribution in [-0.2, 0) is 6.61 Å². The molecule has 2 heterocycles. The second-order valence-electron chi connectivity index (χ2n) is 6.16. The van der Waals surface area contributed by atoms with E-state index < -0.39 is 17.0 Å². The van der Waals surface area contributed by atoms with Crippen LogP contribution in [0.5, 0.6) is 5.75 Å². The van der Waals surface area contributed by atoms with Gasteiger partial charge in [0.25, 0.3) is 0 Å². The van der Waals surface area contributed by atoms with E-state index in [1.54, 1.807) is 24.3 Å². The number of rotatable bonds is 4. The van der Waals surface area contributed by atoms with E-state index in [2.05, 4.69) is 0 Å². The standard InChI is InChI=1S/C21H14O7/c1-26-14-5-4-13-8-16(21(25)28-18(13)9-14)19(23)15-7-12-3-2-11(10-22)6-17(12)27-20(15)24/h2-9,22H,10H2,1H3. The summed E-state index contributed by atoms with van der Waals surface area (Å²) in [6, 6.07) is 12.4.